The molecule has 1 saturated carbocycles. The third kappa shape index (κ3) is 3.58. The molecule has 5 heteroatoms. The maximum atomic E-state index is 4.28. The van der Waals surface area contributed by atoms with Crippen molar-refractivity contribution in [2.45, 2.75) is 38.3 Å². The molecule has 0 amide bonds. The first-order valence-electron chi connectivity index (χ1n) is 7.34. The molecular formula is C14H23BrN4. The van der Waals surface area contributed by atoms with Gasteiger partial charge < -0.3 is 5.32 Å². The molecular weight excluding hydrogens is 304 g/mol. The van der Waals surface area contributed by atoms with Crippen molar-refractivity contribution >= 4 is 15.9 Å². The van der Waals surface area contributed by atoms with E-state index in [1.807, 2.05) is 17.9 Å². The van der Waals surface area contributed by atoms with Crippen LogP contribution >= 0.6 is 15.9 Å². The van der Waals surface area contributed by atoms with Crippen molar-refractivity contribution in [3.63, 3.8) is 0 Å². The molecule has 0 unspecified atom stereocenters. The maximum Gasteiger partial charge on any atom is 0.0663 e. The lowest BCUT2D eigenvalue weighted by molar-refractivity contribution is 0.186. The number of nitrogens with one attached hydrogen (secondary N) is 1. The Hall–Kier alpha value is -0.390. The highest BCUT2D eigenvalue weighted by molar-refractivity contribution is 9.10. The van der Waals surface area contributed by atoms with E-state index in [-0.39, 0.29) is 0 Å². The first-order chi connectivity index (χ1) is 9.22. The zero-order valence-electron chi connectivity index (χ0n) is 11.6. The highest BCUT2D eigenvalue weighted by Gasteiger charge is 2.24. The van der Waals surface area contributed by atoms with E-state index in [2.05, 4.69) is 31.2 Å². The largest absolute Gasteiger partial charge is 0.314 e. The van der Waals surface area contributed by atoms with Gasteiger partial charge in [-0.05, 0) is 54.1 Å². The molecule has 1 aromatic heterocycles. The van der Waals surface area contributed by atoms with Crippen molar-refractivity contribution in [3.8, 4) is 0 Å². The Morgan fingerprint density at radius 3 is 2.63 bits per heavy atom. The number of hydrogen-bond acceptors (Lipinski definition) is 3. The molecule has 1 aliphatic heterocycles. The number of nitrogens with zero attached hydrogens (tertiary/aromatic N) is 3. The van der Waals surface area contributed by atoms with Crippen molar-refractivity contribution in [2.24, 2.45) is 13.0 Å². The second kappa shape index (κ2) is 5.94. The molecule has 0 bridgehead atoms. The molecule has 2 heterocycles. The molecule has 1 aromatic rings. The standard InChI is InChI=1S/C14H23BrN4/c1-18-14(13(15)9-17-18)10-19-6-4-12(5-7-19)16-8-11-2-3-11/h9,11-12,16H,2-8,10H2,1H3. The van der Waals surface area contributed by atoms with Crippen molar-refractivity contribution < 1.29 is 0 Å². The topological polar surface area (TPSA) is 33.1 Å². The first-order valence-corrected chi connectivity index (χ1v) is 8.14. The molecule has 0 spiro atoms. The van der Waals surface area contributed by atoms with Crippen molar-refractivity contribution in [3.05, 3.63) is 16.4 Å². The van der Waals surface area contributed by atoms with Crippen molar-refractivity contribution in [1.29, 1.82) is 0 Å². The van der Waals surface area contributed by atoms with Gasteiger partial charge in [-0.3, -0.25) is 9.58 Å². The lowest BCUT2D eigenvalue weighted by atomic mass is 10.0. The van der Waals surface area contributed by atoms with Gasteiger partial charge in [0, 0.05) is 32.7 Å². The van der Waals surface area contributed by atoms with Gasteiger partial charge in [0.05, 0.1) is 16.4 Å². The molecule has 1 N–H and O–H groups in total. The van der Waals surface area contributed by atoms with Gasteiger partial charge in [0.2, 0.25) is 0 Å². The van der Waals surface area contributed by atoms with Gasteiger partial charge in [0.25, 0.3) is 0 Å². The van der Waals surface area contributed by atoms with Crippen LogP contribution in [0.5, 0.6) is 0 Å². The summed E-state index contributed by atoms with van der Waals surface area (Å²) in [6, 6.07) is 0.742. The zero-order valence-corrected chi connectivity index (χ0v) is 13.2. The third-order valence-corrected chi connectivity index (χ3v) is 5.03. The van der Waals surface area contributed by atoms with E-state index in [4.69, 9.17) is 0 Å². The van der Waals surface area contributed by atoms with Crippen LogP contribution < -0.4 is 5.32 Å². The monoisotopic (exact) mass is 326 g/mol. The fourth-order valence-corrected chi connectivity index (χ4v) is 3.25. The minimum absolute atomic E-state index is 0.742. The normalized spacial score (nSPS) is 22.0. The van der Waals surface area contributed by atoms with Crippen LogP contribution in [0.25, 0.3) is 0 Å². The molecule has 2 aliphatic rings. The van der Waals surface area contributed by atoms with Gasteiger partial charge in [-0.25, -0.2) is 0 Å². The van der Waals surface area contributed by atoms with Crippen LogP contribution in [-0.4, -0.2) is 40.4 Å². The van der Waals surface area contributed by atoms with Gasteiger partial charge in [-0.1, -0.05) is 0 Å². The van der Waals surface area contributed by atoms with Crippen molar-refractivity contribution in [2.75, 3.05) is 19.6 Å². The van der Waals surface area contributed by atoms with Gasteiger partial charge in [0.1, 0.15) is 0 Å². The lowest BCUT2D eigenvalue weighted by Crippen LogP contribution is -2.42. The molecule has 4 nitrogen and oxygen atoms in total. The van der Waals surface area contributed by atoms with Crippen LogP contribution in [-0.2, 0) is 13.6 Å². The molecule has 2 fully saturated rings. The Morgan fingerprint density at radius 2 is 2.05 bits per heavy atom. The van der Waals surface area contributed by atoms with Gasteiger partial charge in [0.15, 0.2) is 0 Å². The minimum atomic E-state index is 0.742. The molecule has 106 valence electrons. The van der Waals surface area contributed by atoms with Gasteiger partial charge in [-0.15, -0.1) is 0 Å². The Morgan fingerprint density at radius 1 is 1.32 bits per heavy atom. The fraction of sp³-hybridized carbons (Fsp3) is 0.786. The molecule has 1 aliphatic carbocycles. The highest BCUT2D eigenvalue weighted by atomic mass is 79.9. The number of piperidine rings is 1. The number of hydrogen-bond donors (Lipinski definition) is 1. The highest BCUT2D eigenvalue weighted by Crippen LogP contribution is 2.28. The summed E-state index contributed by atoms with van der Waals surface area (Å²) in [4.78, 5) is 2.54. The van der Waals surface area contributed by atoms with E-state index in [9.17, 15) is 0 Å². The molecule has 19 heavy (non-hydrogen) atoms. The van der Waals surface area contributed by atoms with Crippen LogP contribution in [0.1, 0.15) is 31.4 Å². The molecule has 1 saturated heterocycles. The SMILES string of the molecule is Cn1ncc(Br)c1CN1CCC(NCC2CC2)CC1. The van der Waals surface area contributed by atoms with E-state index in [1.165, 1.54) is 51.0 Å². The smallest absolute Gasteiger partial charge is 0.0663 e. The molecule has 0 aromatic carbocycles. The van der Waals surface area contributed by atoms with Crippen LogP contribution in [0.4, 0.5) is 0 Å². The zero-order chi connectivity index (χ0) is 13.2. The average molecular weight is 327 g/mol. The second-order valence-electron chi connectivity index (χ2n) is 5.96. The quantitative estimate of drug-likeness (QED) is 0.900. The number of halogens is 1. The predicted molar refractivity (Wildman–Crippen MR) is 79.9 cm³/mol. The first kappa shape index (κ1) is 13.6. The van der Waals surface area contributed by atoms with Crippen LogP contribution in [0.15, 0.2) is 10.7 Å². The predicted octanol–water partition coefficient (Wildman–Crippen LogP) is 2.15. The summed E-state index contributed by atoms with van der Waals surface area (Å²) in [5, 5.41) is 8.02. The Labute approximate surface area is 123 Å². The third-order valence-electron chi connectivity index (χ3n) is 4.36. The average Bonchev–Trinajstić information content (AvgIpc) is 3.20. The molecule has 0 atom stereocenters. The van der Waals surface area contributed by atoms with E-state index in [0.29, 0.717) is 0 Å². The summed E-state index contributed by atoms with van der Waals surface area (Å²) in [5.74, 6) is 0.989. The van der Waals surface area contributed by atoms with Gasteiger partial charge in [-0.2, -0.15) is 5.10 Å². The van der Waals surface area contributed by atoms with Crippen LogP contribution in [0.3, 0.4) is 0 Å². The van der Waals surface area contributed by atoms with Gasteiger partial charge >= 0.3 is 0 Å². The molecule has 3 rings (SSSR count). The lowest BCUT2D eigenvalue weighted by Gasteiger charge is -2.32. The summed E-state index contributed by atoms with van der Waals surface area (Å²) in [5.41, 5.74) is 1.28. The summed E-state index contributed by atoms with van der Waals surface area (Å²) in [6.07, 6.45) is 7.34. The Bertz CT molecular complexity index is 400. The maximum absolute atomic E-state index is 4.28. The van der Waals surface area contributed by atoms with E-state index in [1.54, 1.807) is 0 Å². The Balaban J connectivity index is 1.44. The second-order valence-corrected chi connectivity index (χ2v) is 6.82. The van der Waals surface area contributed by atoms with E-state index in [0.717, 1.165) is 23.0 Å². The van der Waals surface area contributed by atoms with Crippen LogP contribution in [0.2, 0.25) is 0 Å². The summed E-state index contributed by atoms with van der Waals surface area (Å²) in [6.45, 7) is 4.64. The number of aromatic nitrogens is 2. The summed E-state index contributed by atoms with van der Waals surface area (Å²) < 4.78 is 3.10. The number of likely N-dealkylation sites (tertiary alicyclic amines) is 1. The summed E-state index contributed by atoms with van der Waals surface area (Å²) in [7, 11) is 2.02. The number of rotatable bonds is 5. The van der Waals surface area contributed by atoms with Crippen molar-refractivity contribution in [1.82, 2.24) is 20.0 Å². The van der Waals surface area contributed by atoms with Crippen LogP contribution in [0, 0.1) is 5.92 Å². The Kier molecular flexibility index (Phi) is 4.24. The number of aryl methyl sites for hydroxylation is 1. The summed E-state index contributed by atoms with van der Waals surface area (Å²) >= 11 is 3.58. The van der Waals surface area contributed by atoms with E-state index >= 15 is 0 Å². The minimum Gasteiger partial charge on any atom is -0.314 e. The molecule has 0 radical (unpaired) electrons. The van der Waals surface area contributed by atoms with E-state index < -0.39 is 0 Å². The fourth-order valence-electron chi connectivity index (χ4n) is 2.78.